The molecule has 0 heterocycles. The first kappa shape index (κ1) is 13.0. The summed E-state index contributed by atoms with van der Waals surface area (Å²) >= 11 is 3.04. The van der Waals surface area contributed by atoms with Gasteiger partial charge in [0.2, 0.25) is 0 Å². The van der Waals surface area contributed by atoms with Crippen molar-refractivity contribution in [2.24, 2.45) is 0 Å². The first-order valence-corrected chi connectivity index (χ1v) is 5.94. The smallest absolute Gasteiger partial charge is 0.180 e. The van der Waals surface area contributed by atoms with Gasteiger partial charge in [0.25, 0.3) is 0 Å². The molecule has 0 aliphatic rings. The Balaban J connectivity index is 2.91. The second kappa shape index (κ2) is 5.86. The Kier molecular flexibility index (Phi) is 4.75. The average Bonchev–Trinajstić information content (AvgIpc) is 2.25. The lowest BCUT2D eigenvalue weighted by atomic mass is 10.2. The third-order valence-electron chi connectivity index (χ3n) is 2.19. The van der Waals surface area contributed by atoms with E-state index in [0.717, 1.165) is 12.8 Å². The monoisotopic (exact) mass is 285 g/mol. The van der Waals surface area contributed by atoms with Crippen LogP contribution in [0, 0.1) is 17.1 Å². The van der Waals surface area contributed by atoms with Crippen molar-refractivity contribution >= 4 is 15.9 Å². The molecule has 4 heteroatoms. The van der Waals surface area contributed by atoms with Gasteiger partial charge < -0.3 is 4.74 Å². The topological polar surface area (TPSA) is 33.0 Å². The molecule has 0 spiro atoms. The molecule has 1 aromatic carbocycles. The fourth-order valence-electron chi connectivity index (χ4n) is 1.39. The van der Waals surface area contributed by atoms with E-state index in [1.807, 2.05) is 19.9 Å². The highest BCUT2D eigenvalue weighted by Gasteiger charge is 2.13. The number of halogens is 2. The van der Waals surface area contributed by atoms with E-state index >= 15 is 0 Å². The van der Waals surface area contributed by atoms with Crippen LogP contribution < -0.4 is 4.74 Å². The van der Waals surface area contributed by atoms with Crippen molar-refractivity contribution in [1.82, 2.24) is 0 Å². The lowest BCUT2D eigenvalue weighted by Crippen LogP contribution is -2.12. The molecule has 1 aromatic rings. The Bertz CT molecular complexity index is 414. The molecule has 1 unspecified atom stereocenters. The number of rotatable bonds is 4. The van der Waals surface area contributed by atoms with Crippen molar-refractivity contribution in [1.29, 1.82) is 5.26 Å². The number of ether oxygens (including phenoxy) is 1. The maximum absolute atomic E-state index is 13.7. The molecular formula is C12H13BrFNO. The van der Waals surface area contributed by atoms with E-state index in [1.165, 1.54) is 6.07 Å². The maximum atomic E-state index is 13.7. The highest BCUT2D eigenvalue weighted by molar-refractivity contribution is 9.10. The van der Waals surface area contributed by atoms with E-state index in [9.17, 15) is 4.39 Å². The van der Waals surface area contributed by atoms with Crippen molar-refractivity contribution in [2.75, 3.05) is 0 Å². The van der Waals surface area contributed by atoms with Crippen LogP contribution in [0.5, 0.6) is 5.75 Å². The molecule has 1 rings (SSSR count). The SMILES string of the molecule is CCCC(C)Oc1ccc(C#N)c(Br)c1F. The van der Waals surface area contributed by atoms with E-state index in [0.29, 0.717) is 0 Å². The van der Waals surface area contributed by atoms with Crippen molar-refractivity contribution in [3.63, 3.8) is 0 Å². The van der Waals surface area contributed by atoms with Gasteiger partial charge in [-0.25, -0.2) is 4.39 Å². The zero-order valence-electron chi connectivity index (χ0n) is 9.26. The average molecular weight is 286 g/mol. The molecule has 0 saturated carbocycles. The van der Waals surface area contributed by atoms with Gasteiger partial charge in [-0.2, -0.15) is 5.26 Å². The molecule has 16 heavy (non-hydrogen) atoms. The number of nitrogens with zero attached hydrogens (tertiary/aromatic N) is 1. The zero-order chi connectivity index (χ0) is 12.1. The van der Waals surface area contributed by atoms with E-state index < -0.39 is 5.82 Å². The van der Waals surface area contributed by atoms with Crippen LogP contribution in [0.15, 0.2) is 16.6 Å². The van der Waals surface area contributed by atoms with Crippen LogP contribution >= 0.6 is 15.9 Å². The van der Waals surface area contributed by atoms with Crippen molar-refractivity contribution in [3.05, 3.63) is 28.0 Å². The molecule has 2 nitrogen and oxygen atoms in total. The predicted molar refractivity (Wildman–Crippen MR) is 63.8 cm³/mol. The summed E-state index contributed by atoms with van der Waals surface area (Å²) in [5.74, 6) is -0.325. The van der Waals surface area contributed by atoms with Gasteiger partial charge in [0, 0.05) is 0 Å². The van der Waals surface area contributed by atoms with E-state index in [-0.39, 0.29) is 21.9 Å². The quantitative estimate of drug-likeness (QED) is 0.837. The standard InChI is InChI=1S/C12H13BrFNO/c1-3-4-8(2)16-10-6-5-9(7-15)11(13)12(10)14/h5-6,8H,3-4H2,1-2H3. The molecule has 0 N–H and O–H groups in total. The summed E-state index contributed by atoms with van der Waals surface area (Å²) in [6, 6.07) is 4.93. The summed E-state index contributed by atoms with van der Waals surface area (Å²) in [4.78, 5) is 0. The van der Waals surface area contributed by atoms with Crippen LogP contribution in [-0.4, -0.2) is 6.10 Å². The van der Waals surface area contributed by atoms with Gasteiger partial charge in [-0.05, 0) is 41.4 Å². The Morgan fingerprint density at radius 3 is 2.81 bits per heavy atom. The second-order valence-corrected chi connectivity index (χ2v) is 4.36. The van der Waals surface area contributed by atoms with Crippen molar-refractivity contribution in [3.8, 4) is 11.8 Å². The molecule has 0 aromatic heterocycles. The lowest BCUT2D eigenvalue weighted by Gasteiger charge is -2.15. The minimum absolute atomic E-state index is 0.0284. The highest BCUT2D eigenvalue weighted by Crippen LogP contribution is 2.29. The summed E-state index contributed by atoms with van der Waals surface area (Å²) in [6.07, 6.45) is 1.83. The molecule has 0 fully saturated rings. The third-order valence-corrected chi connectivity index (χ3v) is 2.97. The maximum Gasteiger partial charge on any atom is 0.180 e. The molecule has 0 amide bonds. The summed E-state index contributed by atoms with van der Waals surface area (Å²) in [5, 5.41) is 8.71. The predicted octanol–water partition coefficient (Wildman–Crippen LogP) is 4.03. The van der Waals surface area contributed by atoms with Crippen molar-refractivity contribution < 1.29 is 9.13 Å². The van der Waals surface area contributed by atoms with E-state index in [2.05, 4.69) is 15.9 Å². The molecule has 0 saturated heterocycles. The summed E-state index contributed by atoms with van der Waals surface area (Å²) in [6.45, 7) is 3.94. The van der Waals surface area contributed by atoms with Gasteiger partial charge in [-0.1, -0.05) is 13.3 Å². The van der Waals surface area contributed by atoms with Crippen LogP contribution in [0.4, 0.5) is 4.39 Å². The summed E-state index contributed by atoms with van der Waals surface area (Å²) in [5.41, 5.74) is 0.271. The molecule has 0 bridgehead atoms. The third kappa shape index (κ3) is 2.96. The van der Waals surface area contributed by atoms with Gasteiger partial charge >= 0.3 is 0 Å². The van der Waals surface area contributed by atoms with Gasteiger partial charge in [0.15, 0.2) is 11.6 Å². The number of hydrogen-bond acceptors (Lipinski definition) is 2. The van der Waals surface area contributed by atoms with Gasteiger partial charge in [0.05, 0.1) is 16.1 Å². The van der Waals surface area contributed by atoms with Gasteiger partial charge in [-0.15, -0.1) is 0 Å². The molecule has 0 aliphatic heterocycles. The van der Waals surface area contributed by atoms with E-state index in [4.69, 9.17) is 10.00 Å². The molecule has 1 atom stereocenters. The largest absolute Gasteiger partial charge is 0.488 e. The van der Waals surface area contributed by atoms with Gasteiger partial charge in [0.1, 0.15) is 6.07 Å². The molecule has 0 radical (unpaired) electrons. The van der Waals surface area contributed by atoms with E-state index in [1.54, 1.807) is 6.07 Å². The minimum atomic E-state index is -0.512. The zero-order valence-corrected chi connectivity index (χ0v) is 10.8. The number of hydrogen-bond donors (Lipinski definition) is 0. The molecule has 0 aliphatic carbocycles. The van der Waals surface area contributed by atoms with Crippen LogP contribution in [0.3, 0.4) is 0 Å². The summed E-state index contributed by atoms with van der Waals surface area (Å²) < 4.78 is 19.3. The highest BCUT2D eigenvalue weighted by atomic mass is 79.9. The van der Waals surface area contributed by atoms with Crippen LogP contribution in [0.1, 0.15) is 32.3 Å². The molecular weight excluding hydrogens is 273 g/mol. The van der Waals surface area contributed by atoms with Gasteiger partial charge in [-0.3, -0.25) is 0 Å². The first-order chi connectivity index (χ1) is 7.60. The van der Waals surface area contributed by atoms with Crippen LogP contribution in [0.25, 0.3) is 0 Å². The second-order valence-electron chi connectivity index (χ2n) is 3.57. The minimum Gasteiger partial charge on any atom is -0.488 e. The normalized spacial score (nSPS) is 11.9. The van der Waals surface area contributed by atoms with Crippen LogP contribution in [-0.2, 0) is 0 Å². The number of nitriles is 1. The number of benzene rings is 1. The Hall–Kier alpha value is -1.08. The summed E-state index contributed by atoms with van der Waals surface area (Å²) in [7, 11) is 0. The Morgan fingerprint density at radius 2 is 2.25 bits per heavy atom. The fraction of sp³-hybridized carbons (Fsp3) is 0.417. The van der Waals surface area contributed by atoms with Crippen LogP contribution in [0.2, 0.25) is 0 Å². The van der Waals surface area contributed by atoms with Crippen molar-refractivity contribution in [2.45, 2.75) is 32.8 Å². The fourth-order valence-corrected chi connectivity index (χ4v) is 1.81. The Labute approximate surface area is 103 Å². The lowest BCUT2D eigenvalue weighted by molar-refractivity contribution is 0.200. The first-order valence-electron chi connectivity index (χ1n) is 5.14. The Morgan fingerprint density at radius 1 is 1.56 bits per heavy atom. The molecule has 86 valence electrons.